The van der Waals surface area contributed by atoms with Crippen LogP contribution in [0.4, 0.5) is 0 Å². The number of ether oxygens (including phenoxy) is 1. The summed E-state index contributed by atoms with van der Waals surface area (Å²) in [6, 6.07) is 8.23. The van der Waals surface area contributed by atoms with Crippen molar-refractivity contribution < 1.29 is 9.53 Å². The Morgan fingerprint density at radius 3 is 2.44 bits per heavy atom. The number of benzene rings is 1. The van der Waals surface area contributed by atoms with Gasteiger partial charge in [-0.25, -0.2) is 0 Å². The zero-order valence-electron chi connectivity index (χ0n) is 11.3. The van der Waals surface area contributed by atoms with E-state index in [-0.39, 0.29) is 17.4 Å². The fraction of sp³-hybridized carbons (Fsp3) is 0.533. The lowest BCUT2D eigenvalue weighted by atomic mass is 9.76. The fourth-order valence-corrected chi connectivity index (χ4v) is 2.31. The summed E-state index contributed by atoms with van der Waals surface area (Å²) in [4.78, 5) is 11.2. The van der Waals surface area contributed by atoms with Gasteiger partial charge in [0.05, 0.1) is 6.10 Å². The van der Waals surface area contributed by atoms with Gasteiger partial charge in [-0.15, -0.1) is 0 Å². The minimum absolute atomic E-state index is 0.0459. The molecule has 3 nitrogen and oxygen atoms in total. The molecule has 0 bridgehead atoms. The van der Waals surface area contributed by atoms with Crippen molar-refractivity contribution in [2.75, 3.05) is 6.54 Å². The third-order valence-electron chi connectivity index (χ3n) is 3.50. The van der Waals surface area contributed by atoms with Crippen LogP contribution in [0.5, 0.6) is 5.75 Å². The maximum absolute atomic E-state index is 11.2. The molecule has 1 aromatic carbocycles. The summed E-state index contributed by atoms with van der Waals surface area (Å²) in [6.45, 7) is 6.96. The molecule has 18 heavy (non-hydrogen) atoms. The molecule has 0 saturated carbocycles. The van der Waals surface area contributed by atoms with Crippen molar-refractivity contribution >= 4 is 5.91 Å². The van der Waals surface area contributed by atoms with Crippen LogP contribution in [0.1, 0.15) is 39.2 Å². The molecule has 3 heteroatoms. The van der Waals surface area contributed by atoms with E-state index in [1.165, 1.54) is 5.56 Å². The summed E-state index contributed by atoms with van der Waals surface area (Å²) in [7, 11) is 0. The van der Waals surface area contributed by atoms with Gasteiger partial charge in [-0.3, -0.25) is 4.79 Å². The molecular formula is C15H21NO2. The summed E-state index contributed by atoms with van der Waals surface area (Å²) >= 11 is 0. The maximum atomic E-state index is 11.2. The minimum Gasteiger partial charge on any atom is -0.491 e. The summed E-state index contributed by atoms with van der Waals surface area (Å²) in [5.41, 5.74) is 1.31. The van der Waals surface area contributed by atoms with E-state index in [0.29, 0.717) is 6.42 Å². The van der Waals surface area contributed by atoms with E-state index in [4.69, 9.17) is 4.74 Å². The van der Waals surface area contributed by atoms with Gasteiger partial charge in [0, 0.05) is 18.4 Å². The zero-order valence-corrected chi connectivity index (χ0v) is 11.3. The molecule has 1 atom stereocenters. The zero-order chi connectivity index (χ0) is 13.2. The highest BCUT2D eigenvalue weighted by Crippen LogP contribution is 2.32. The molecule has 1 fully saturated rings. The van der Waals surface area contributed by atoms with Crippen LogP contribution in [-0.2, 0) is 10.2 Å². The molecule has 2 rings (SSSR count). The second-order valence-corrected chi connectivity index (χ2v) is 5.53. The number of carbonyl (C=O) groups excluding carboxylic acids is 1. The van der Waals surface area contributed by atoms with Crippen LogP contribution >= 0.6 is 0 Å². The largest absolute Gasteiger partial charge is 0.491 e. The first-order valence-electron chi connectivity index (χ1n) is 6.53. The van der Waals surface area contributed by atoms with Crippen molar-refractivity contribution in [2.24, 2.45) is 0 Å². The first-order chi connectivity index (χ1) is 8.49. The van der Waals surface area contributed by atoms with Gasteiger partial charge in [-0.1, -0.05) is 19.1 Å². The third kappa shape index (κ3) is 2.84. The predicted octanol–water partition coefficient (Wildman–Crippen LogP) is 2.64. The fourth-order valence-electron chi connectivity index (χ4n) is 2.31. The molecule has 1 amide bonds. The summed E-state index contributed by atoms with van der Waals surface area (Å²) in [6.07, 6.45) is 1.71. The Hall–Kier alpha value is -1.51. The molecule has 0 aromatic heterocycles. The SMILES string of the molecule is CC(C)Oc1ccc(C2(C)CCC(=O)NC2)cc1. The number of hydrogen-bond acceptors (Lipinski definition) is 2. The monoisotopic (exact) mass is 247 g/mol. The van der Waals surface area contributed by atoms with Crippen molar-refractivity contribution in [2.45, 2.75) is 45.1 Å². The maximum Gasteiger partial charge on any atom is 0.220 e. The number of hydrogen-bond donors (Lipinski definition) is 1. The van der Waals surface area contributed by atoms with Crippen LogP contribution in [0.2, 0.25) is 0 Å². The molecule has 1 heterocycles. The predicted molar refractivity (Wildman–Crippen MR) is 71.8 cm³/mol. The number of piperidine rings is 1. The van der Waals surface area contributed by atoms with Crippen molar-refractivity contribution in [1.82, 2.24) is 5.32 Å². The molecular weight excluding hydrogens is 226 g/mol. The Labute approximate surface area is 109 Å². The molecule has 1 aromatic rings. The van der Waals surface area contributed by atoms with Crippen LogP contribution in [0.15, 0.2) is 24.3 Å². The molecule has 0 aliphatic carbocycles. The number of nitrogens with one attached hydrogen (secondary N) is 1. The van der Waals surface area contributed by atoms with Gasteiger partial charge in [0.15, 0.2) is 0 Å². The van der Waals surface area contributed by atoms with Crippen molar-refractivity contribution in [3.05, 3.63) is 29.8 Å². The smallest absolute Gasteiger partial charge is 0.220 e. The molecule has 1 aliphatic rings. The Bertz CT molecular complexity index is 413. The Morgan fingerprint density at radius 2 is 1.94 bits per heavy atom. The normalized spacial score (nSPS) is 23.9. The topological polar surface area (TPSA) is 38.3 Å². The Balaban J connectivity index is 2.11. The lowest BCUT2D eigenvalue weighted by Gasteiger charge is -2.34. The number of amides is 1. The first-order valence-corrected chi connectivity index (χ1v) is 6.53. The van der Waals surface area contributed by atoms with Gasteiger partial charge < -0.3 is 10.1 Å². The molecule has 1 N–H and O–H groups in total. The average Bonchev–Trinajstić information content (AvgIpc) is 2.33. The van der Waals surface area contributed by atoms with Crippen molar-refractivity contribution in [3.8, 4) is 5.75 Å². The van der Waals surface area contributed by atoms with E-state index in [2.05, 4.69) is 24.4 Å². The number of rotatable bonds is 3. The van der Waals surface area contributed by atoms with Gasteiger partial charge in [0.2, 0.25) is 5.91 Å². The Morgan fingerprint density at radius 1 is 1.28 bits per heavy atom. The highest BCUT2D eigenvalue weighted by Gasteiger charge is 2.31. The lowest BCUT2D eigenvalue weighted by Crippen LogP contribution is -2.44. The summed E-state index contributed by atoms with van der Waals surface area (Å²) < 4.78 is 5.64. The van der Waals surface area contributed by atoms with E-state index in [1.54, 1.807) is 0 Å². The number of carbonyl (C=O) groups is 1. The van der Waals surface area contributed by atoms with Gasteiger partial charge in [-0.05, 0) is 38.0 Å². The van der Waals surface area contributed by atoms with Crippen LogP contribution in [0.25, 0.3) is 0 Å². The third-order valence-corrected chi connectivity index (χ3v) is 3.50. The summed E-state index contributed by atoms with van der Waals surface area (Å²) in [5.74, 6) is 1.06. The van der Waals surface area contributed by atoms with E-state index >= 15 is 0 Å². The van der Waals surface area contributed by atoms with Crippen LogP contribution in [-0.4, -0.2) is 18.6 Å². The molecule has 1 aliphatic heterocycles. The van der Waals surface area contributed by atoms with Gasteiger partial charge >= 0.3 is 0 Å². The minimum atomic E-state index is 0.0459. The van der Waals surface area contributed by atoms with E-state index in [9.17, 15) is 4.79 Å². The van der Waals surface area contributed by atoms with E-state index in [0.717, 1.165) is 18.7 Å². The highest BCUT2D eigenvalue weighted by molar-refractivity contribution is 5.77. The molecule has 1 unspecified atom stereocenters. The van der Waals surface area contributed by atoms with Gasteiger partial charge in [-0.2, -0.15) is 0 Å². The second-order valence-electron chi connectivity index (χ2n) is 5.53. The summed E-state index contributed by atoms with van der Waals surface area (Å²) in [5, 5.41) is 2.95. The average molecular weight is 247 g/mol. The second kappa shape index (κ2) is 5.01. The van der Waals surface area contributed by atoms with Crippen molar-refractivity contribution in [1.29, 1.82) is 0 Å². The standard InChI is InChI=1S/C15H21NO2/c1-11(2)18-13-6-4-12(5-7-13)15(3)9-8-14(17)16-10-15/h4-7,11H,8-10H2,1-3H3,(H,16,17). The van der Waals surface area contributed by atoms with Crippen LogP contribution in [0, 0.1) is 0 Å². The van der Waals surface area contributed by atoms with Crippen LogP contribution in [0.3, 0.4) is 0 Å². The molecule has 0 radical (unpaired) electrons. The first kappa shape index (κ1) is 12.9. The van der Waals surface area contributed by atoms with E-state index in [1.807, 2.05) is 26.0 Å². The lowest BCUT2D eigenvalue weighted by molar-refractivity contribution is -0.123. The van der Waals surface area contributed by atoms with E-state index < -0.39 is 0 Å². The molecule has 98 valence electrons. The molecule has 1 saturated heterocycles. The van der Waals surface area contributed by atoms with Crippen LogP contribution < -0.4 is 10.1 Å². The van der Waals surface area contributed by atoms with Gasteiger partial charge in [0.1, 0.15) is 5.75 Å². The Kier molecular flexibility index (Phi) is 3.60. The van der Waals surface area contributed by atoms with Gasteiger partial charge in [0.25, 0.3) is 0 Å². The van der Waals surface area contributed by atoms with Crippen molar-refractivity contribution in [3.63, 3.8) is 0 Å². The highest BCUT2D eigenvalue weighted by atomic mass is 16.5. The molecule has 0 spiro atoms. The quantitative estimate of drug-likeness (QED) is 0.891.